The van der Waals surface area contributed by atoms with Gasteiger partial charge in [0.05, 0.1) is 7.11 Å². The molecule has 1 aromatic rings. The summed E-state index contributed by atoms with van der Waals surface area (Å²) in [6, 6.07) is 5.87. The highest BCUT2D eigenvalue weighted by Gasteiger charge is 2.16. The molecule has 0 aliphatic heterocycles. The minimum absolute atomic E-state index is 0.0235. The Morgan fingerprint density at radius 1 is 1.39 bits per heavy atom. The fourth-order valence-corrected chi connectivity index (χ4v) is 1.61. The average Bonchev–Trinajstić information content (AvgIpc) is 2.34. The minimum atomic E-state index is -0.627. The Kier molecular flexibility index (Phi) is 4.48. The summed E-state index contributed by atoms with van der Waals surface area (Å²) in [5.41, 5.74) is 2.04. The fourth-order valence-electron chi connectivity index (χ4n) is 1.61. The summed E-state index contributed by atoms with van der Waals surface area (Å²) in [5.74, 6) is 0.0763. The number of benzene rings is 1. The first-order chi connectivity index (χ1) is 8.38. The number of rotatable bonds is 4. The predicted molar refractivity (Wildman–Crippen MR) is 69.6 cm³/mol. The Bertz CT molecular complexity index is 447. The van der Waals surface area contributed by atoms with E-state index in [0.717, 1.165) is 11.1 Å². The first kappa shape index (κ1) is 14.2. The first-order valence-electron chi connectivity index (χ1n) is 5.79. The zero-order valence-electron chi connectivity index (χ0n) is 11.2. The molecule has 0 unspecified atom stereocenters. The topological polar surface area (TPSA) is 55.4 Å². The molecule has 0 saturated heterocycles. The Morgan fingerprint density at radius 3 is 2.56 bits per heavy atom. The van der Waals surface area contributed by atoms with Crippen molar-refractivity contribution in [3.05, 3.63) is 29.3 Å². The minimum Gasteiger partial charge on any atom is -0.496 e. The van der Waals surface area contributed by atoms with Crippen LogP contribution in [-0.2, 0) is 21.5 Å². The van der Waals surface area contributed by atoms with Crippen molar-refractivity contribution in [2.24, 2.45) is 0 Å². The lowest BCUT2D eigenvalue weighted by Crippen LogP contribution is -2.24. The molecule has 0 aliphatic rings. The van der Waals surface area contributed by atoms with Crippen LogP contribution in [0.3, 0.4) is 0 Å². The van der Waals surface area contributed by atoms with Gasteiger partial charge in [0, 0.05) is 12.1 Å². The van der Waals surface area contributed by atoms with Crippen LogP contribution in [0.5, 0.6) is 5.75 Å². The van der Waals surface area contributed by atoms with Crippen molar-refractivity contribution in [2.45, 2.75) is 32.7 Å². The summed E-state index contributed by atoms with van der Waals surface area (Å²) in [6.07, 6.45) is 0.264. The number of amides is 1. The summed E-state index contributed by atoms with van der Waals surface area (Å²) in [7, 11) is 1.58. The molecule has 0 spiro atoms. The van der Waals surface area contributed by atoms with Gasteiger partial charge in [0.1, 0.15) is 5.75 Å². The predicted octanol–water partition coefficient (Wildman–Crippen LogP) is 1.81. The van der Waals surface area contributed by atoms with E-state index in [2.05, 4.69) is 26.1 Å². The molecule has 4 heteroatoms. The Hall–Kier alpha value is -1.84. The lowest BCUT2D eigenvalue weighted by atomic mass is 9.86. The van der Waals surface area contributed by atoms with Gasteiger partial charge in [-0.25, -0.2) is 0 Å². The lowest BCUT2D eigenvalue weighted by Gasteiger charge is -2.21. The van der Waals surface area contributed by atoms with Gasteiger partial charge in [0.25, 0.3) is 5.91 Å². The molecule has 98 valence electrons. The second kappa shape index (κ2) is 5.67. The van der Waals surface area contributed by atoms with Crippen LogP contribution in [0.15, 0.2) is 18.2 Å². The second-order valence-corrected chi connectivity index (χ2v) is 5.11. The fraction of sp³-hybridized carbons (Fsp3) is 0.429. The van der Waals surface area contributed by atoms with Crippen molar-refractivity contribution in [2.75, 3.05) is 7.11 Å². The van der Waals surface area contributed by atoms with E-state index in [1.54, 1.807) is 7.11 Å². The highest BCUT2D eigenvalue weighted by atomic mass is 16.5. The third-order valence-corrected chi connectivity index (χ3v) is 2.71. The number of carbonyl (C=O) groups excluding carboxylic acids is 2. The number of methoxy groups -OCH3 is 1. The van der Waals surface area contributed by atoms with Gasteiger partial charge < -0.3 is 10.1 Å². The van der Waals surface area contributed by atoms with E-state index in [-0.39, 0.29) is 18.2 Å². The summed E-state index contributed by atoms with van der Waals surface area (Å²) in [6.45, 7) is 6.62. The molecule has 18 heavy (non-hydrogen) atoms. The number of nitrogens with one attached hydrogen (secondary N) is 1. The van der Waals surface area contributed by atoms with Gasteiger partial charge in [-0.2, -0.15) is 0 Å². The summed E-state index contributed by atoms with van der Waals surface area (Å²) >= 11 is 0. The monoisotopic (exact) mass is 249 g/mol. The molecular weight excluding hydrogens is 230 g/mol. The molecule has 4 nitrogen and oxygen atoms in total. The summed E-state index contributed by atoms with van der Waals surface area (Å²) < 4.78 is 5.24. The lowest BCUT2D eigenvalue weighted by molar-refractivity contribution is -0.131. The van der Waals surface area contributed by atoms with Gasteiger partial charge >= 0.3 is 0 Å². The molecule has 1 rings (SSSR count). The largest absolute Gasteiger partial charge is 0.496 e. The second-order valence-electron chi connectivity index (χ2n) is 5.11. The molecular formula is C14H19NO3. The molecule has 1 aromatic carbocycles. The molecule has 0 bridgehead atoms. The van der Waals surface area contributed by atoms with Crippen LogP contribution in [0.1, 0.15) is 31.9 Å². The van der Waals surface area contributed by atoms with Crippen molar-refractivity contribution in [1.29, 1.82) is 0 Å². The van der Waals surface area contributed by atoms with Crippen LogP contribution in [0, 0.1) is 0 Å². The van der Waals surface area contributed by atoms with Crippen LogP contribution in [0.25, 0.3) is 0 Å². The van der Waals surface area contributed by atoms with Gasteiger partial charge in [-0.05, 0) is 23.1 Å². The van der Waals surface area contributed by atoms with Crippen molar-refractivity contribution < 1.29 is 14.3 Å². The van der Waals surface area contributed by atoms with Crippen molar-refractivity contribution in [1.82, 2.24) is 5.32 Å². The number of hydrogen-bond acceptors (Lipinski definition) is 3. The number of carbonyl (C=O) groups is 2. The maximum Gasteiger partial charge on any atom is 0.284 e. The quantitative estimate of drug-likeness (QED) is 0.654. The van der Waals surface area contributed by atoms with Gasteiger partial charge in [-0.3, -0.25) is 9.59 Å². The van der Waals surface area contributed by atoms with Crippen LogP contribution in [0.4, 0.5) is 0 Å². The zero-order chi connectivity index (χ0) is 13.8. The van der Waals surface area contributed by atoms with E-state index >= 15 is 0 Å². The van der Waals surface area contributed by atoms with Crippen molar-refractivity contribution in [3.8, 4) is 5.75 Å². The van der Waals surface area contributed by atoms with Gasteiger partial charge in [0.15, 0.2) is 0 Å². The average molecular weight is 249 g/mol. The molecule has 0 atom stereocenters. The van der Waals surface area contributed by atoms with Crippen molar-refractivity contribution >= 4 is 12.2 Å². The third-order valence-electron chi connectivity index (χ3n) is 2.71. The standard InChI is InChI=1S/C14H19NO3/c1-14(2,3)11-5-6-12(18-4)10(7-11)8-15-13(17)9-16/h5-7,9H,8H2,1-4H3,(H,15,17). The van der Waals surface area contributed by atoms with E-state index in [0.29, 0.717) is 5.75 Å². The Balaban J connectivity index is 2.99. The Morgan fingerprint density at radius 2 is 2.06 bits per heavy atom. The zero-order valence-corrected chi connectivity index (χ0v) is 11.2. The van der Waals surface area contributed by atoms with E-state index < -0.39 is 5.91 Å². The van der Waals surface area contributed by atoms with E-state index in [1.807, 2.05) is 18.2 Å². The van der Waals surface area contributed by atoms with E-state index in [1.165, 1.54) is 0 Å². The summed E-state index contributed by atoms with van der Waals surface area (Å²) in [4.78, 5) is 21.2. The molecule has 0 heterocycles. The summed E-state index contributed by atoms with van der Waals surface area (Å²) in [5, 5.41) is 2.52. The van der Waals surface area contributed by atoms with Gasteiger partial charge in [0.2, 0.25) is 6.29 Å². The highest BCUT2D eigenvalue weighted by Crippen LogP contribution is 2.27. The maximum absolute atomic E-state index is 10.9. The highest BCUT2D eigenvalue weighted by molar-refractivity contribution is 6.23. The van der Waals surface area contributed by atoms with E-state index in [9.17, 15) is 9.59 Å². The molecule has 1 N–H and O–H groups in total. The molecule has 0 aromatic heterocycles. The normalized spacial score (nSPS) is 10.9. The van der Waals surface area contributed by atoms with Crippen LogP contribution in [0.2, 0.25) is 0 Å². The van der Waals surface area contributed by atoms with Gasteiger partial charge in [-0.15, -0.1) is 0 Å². The molecule has 0 aliphatic carbocycles. The smallest absolute Gasteiger partial charge is 0.284 e. The first-order valence-corrected chi connectivity index (χ1v) is 5.79. The maximum atomic E-state index is 10.9. The molecule has 0 saturated carbocycles. The van der Waals surface area contributed by atoms with Crippen LogP contribution in [-0.4, -0.2) is 19.3 Å². The SMILES string of the molecule is COc1ccc(C(C)(C)C)cc1CNC(=O)C=O. The van der Waals surface area contributed by atoms with Crippen LogP contribution >= 0.6 is 0 Å². The number of ether oxygens (including phenoxy) is 1. The molecule has 0 radical (unpaired) electrons. The van der Waals surface area contributed by atoms with Crippen molar-refractivity contribution in [3.63, 3.8) is 0 Å². The molecule has 0 fully saturated rings. The number of hydrogen-bond donors (Lipinski definition) is 1. The van der Waals surface area contributed by atoms with Gasteiger partial charge in [-0.1, -0.05) is 26.8 Å². The molecule has 1 amide bonds. The number of aldehydes is 1. The third kappa shape index (κ3) is 3.58. The van der Waals surface area contributed by atoms with Crippen LogP contribution < -0.4 is 10.1 Å². The Labute approximate surface area is 107 Å². The van der Waals surface area contributed by atoms with E-state index in [4.69, 9.17) is 4.74 Å².